The van der Waals surface area contributed by atoms with Crippen LogP contribution < -0.4 is 5.32 Å². The second kappa shape index (κ2) is 9.43. The molecule has 192 valence electrons. The summed E-state index contributed by atoms with van der Waals surface area (Å²) in [6, 6.07) is 17.9. The first-order valence-corrected chi connectivity index (χ1v) is 13.0. The lowest BCUT2D eigenvalue weighted by atomic mass is 10.0. The molecule has 0 aliphatic heterocycles. The van der Waals surface area contributed by atoms with Crippen molar-refractivity contribution in [2.24, 2.45) is 5.92 Å². The summed E-state index contributed by atoms with van der Waals surface area (Å²) in [6.45, 7) is 0. The molecule has 0 radical (unpaired) electrons. The Kier molecular flexibility index (Phi) is 5.61. The number of benzene rings is 2. The minimum absolute atomic E-state index is 0.0504. The molecule has 9 heteroatoms. The Balaban J connectivity index is 1.25. The third-order valence-electron chi connectivity index (χ3n) is 7.31. The SMILES string of the molecule is O=C(Nc1cncc(-c2ccc3[nH]nc(-c4nc5c(-c6cccc(F)c6)cccc5[nH]4)c3n2)c1)C1CCCC1. The van der Waals surface area contributed by atoms with Crippen molar-refractivity contribution in [2.75, 3.05) is 5.32 Å². The predicted octanol–water partition coefficient (Wildman–Crippen LogP) is 6.50. The van der Waals surface area contributed by atoms with E-state index in [2.05, 4.69) is 25.5 Å². The smallest absolute Gasteiger partial charge is 0.227 e. The number of rotatable bonds is 5. The Hall–Kier alpha value is -4.92. The van der Waals surface area contributed by atoms with Crippen LogP contribution in [0.15, 0.2) is 73.1 Å². The van der Waals surface area contributed by atoms with Crippen LogP contribution in [0.5, 0.6) is 0 Å². The van der Waals surface area contributed by atoms with E-state index in [0.29, 0.717) is 28.4 Å². The predicted molar refractivity (Wildman–Crippen MR) is 148 cm³/mol. The molecule has 2 aromatic carbocycles. The van der Waals surface area contributed by atoms with E-state index in [9.17, 15) is 9.18 Å². The van der Waals surface area contributed by atoms with Gasteiger partial charge in [0.05, 0.1) is 34.1 Å². The minimum atomic E-state index is -0.299. The Morgan fingerprint density at radius 2 is 1.77 bits per heavy atom. The van der Waals surface area contributed by atoms with Gasteiger partial charge in [-0.25, -0.2) is 14.4 Å². The molecule has 1 aliphatic rings. The molecule has 4 heterocycles. The van der Waals surface area contributed by atoms with Crippen LogP contribution in [0, 0.1) is 11.7 Å². The van der Waals surface area contributed by atoms with Gasteiger partial charge < -0.3 is 10.3 Å². The molecule has 0 unspecified atom stereocenters. The molecule has 0 saturated heterocycles. The van der Waals surface area contributed by atoms with E-state index in [0.717, 1.165) is 58.9 Å². The van der Waals surface area contributed by atoms with Gasteiger partial charge in [0, 0.05) is 23.2 Å². The highest BCUT2D eigenvalue weighted by Crippen LogP contribution is 2.32. The molecule has 1 saturated carbocycles. The van der Waals surface area contributed by atoms with E-state index >= 15 is 0 Å². The summed E-state index contributed by atoms with van der Waals surface area (Å²) >= 11 is 0. The van der Waals surface area contributed by atoms with Gasteiger partial charge in [-0.05, 0) is 54.8 Å². The number of anilines is 1. The fraction of sp³-hybridized carbons (Fsp3) is 0.167. The number of carbonyl (C=O) groups is 1. The van der Waals surface area contributed by atoms with Crippen LogP contribution in [0.1, 0.15) is 25.7 Å². The number of fused-ring (bicyclic) bond motifs is 2. The lowest BCUT2D eigenvalue weighted by molar-refractivity contribution is -0.119. The average Bonchev–Trinajstić information content (AvgIpc) is 3.72. The van der Waals surface area contributed by atoms with Crippen molar-refractivity contribution in [3.05, 3.63) is 78.9 Å². The average molecular weight is 518 g/mol. The first kappa shape index (κ1) is 23.2. The normalized spacial score (nSPS) is 13.9. The summed E-state index contributed by atoms with van der Waals surface area (Å²) in [6.07, 6.45) is 7.46. The lowest BCUT2D eigenvalue weighted by Crippen LogP contribution is -2.20. The molecule has 0 atom stereocenters. The summed E-state index contributed by atoms with van der Waals surface area (Å²) in [5, 5.41) is 10.6. The van der Waals surface area contributed by atoms with Gasteiger partial charge in [0.15, 0.2) is 11.5 Å². The monoisotopic (exact) mass is 517 g/mol. The zero-order chi connectivity index (χ0) is 26.3. The van der Waals surface area contributed by atoms with Gasteiger partial charge in [-0.15, -0.1) is 0 Å². The molecule has 3 N–H and O–H groups in total. The third-order valence-corrected chi connectivity index (χ3v) is 7.31. The summed E-state index contributed by atoms with van der Waals surface area (Å²) in [5.41, 5.74) is 7.24. The maximum Gasteiger partial charge on any atom is 0.227 e. The first-order valence-electron chi connectivity index (χ1n) is 13.0. The van der Waals surface area contributed by atoms with E-state index in [1.54, 1.807) is 18.5 Å². The lowest BCUT2D eigenvalue weighted by Gasteiger charge is -2.11. The fourth-order valence-electron chi connectivity index (χ4n) is 5.34. The van der Waals surface area contributed by atoms with Crippen LogP contribution in [0.3, 0.4) is 0 Å². The van der Waals surface area contributed by atoms with Crippen LogP contribution >= 0.6 is 0 Å². The van der Waals surface area contributed by atoms with E-state index < -0.39 is 0 Å². The third kappa shape index (κ3) is 4.31. The Morgan fingerprint density at radius 3 is 2.64 bits per heavy atom. The van der Waals surface area contributed by atoms with Crippen molar-refractivity contribution in [3.8, 4) is 33.9 Å². The van der Waals surface area contributed by atoms with Gasteiger partial charge in [0.1, 0.15) is 11.3 Å². The number of imidazole rings is 1. The molecule has 0 bridgehead atoms. The van der Waals surface area contributed by atoms with Crippen molar-refractivity contribution in [3.63, 3.8) is 0 Å². The van der Waals surface area contributed by atoms with E-state index in [4.69, 9.17) is 9.97 Å². The second-order valence-corrected chi connectivity index (χ2v) is 9.90. The molecule has 6 aromatic rings. The van der Waals surface area contributed by atoms with E-state index in [1.165, 1.54) is 12.1 Å². The number of amides is 1. The first-order chi connectivity index (χ1) is 19.1. The number of H-pyrrole nitrogens is 2. The van der Waals surface area contributed by atoms with E-state index in [-0.39, 0.29) is 17.6 Å². The van der Waals surface area contributed by atoms with E-state index in [1.807, 2.05) is 42.5 Å². The minimum Gasteiger partial charge on any atom is -0.336 e. The van der Waals surface area contributed by atoms with Crippen LogP contribution in [-0.4, -0.2) is 36.0 Å². The van der Waals surface area contributed by atoms with Crippen molar-refractivity contribution in [1.82, 2.24) is 30.1 Å². The summed E-state index contributed by atoms with van der Waals surface area (Å²) in [4.78, 5) is 30.0. The Bertz CT molecular complexity index is 1850. The van der Waals surface area contributed by atoms with Crippen molar-refractivity contribution in [1.29, 1.82) is 0 Å². The molecule has 0 spiro atoms. The number of nitrogens with one attached hydrogen (secondary N) is 3. The van der Waals surface area contributed by atoms with Gasteiger partial charge in [-0.3, -0.25) is 14.9 Å². The summed E-state index contributed by atoms with van der Waals surface area (Å²) in [5.74, 6) is 0.378. The molecular formula is C30H24FN7O. The zero-order valence-electron chi connectivity index (χ0n) is 20.9. The van der Waals surface area contributed by atoms with Gasteiger partial charge in [-0.2, -0.15) is 5.10 Å². The topological polar surface area (TPSA) is 112 Å². The van der Waals surface area contributed by atoms with Gasteiger partial charge in [0.25, 0.3) is 0 Å². The maximum atomic E-state index is 13.9. The highest BCUT2D eigenvalue weighted by atomic mass is 19.1. The Morgan fingerprint density at radius 1 is 0.897 bits per heavy atom. The number of aromatic nitrogens is 6. The van der Waals surface area contributed by atoms with Crippen molar-refractivity contribution in [2.45, 2.75) is 25.7 Å². The number of halogens is 1. The molecule has 1 amide bonds. The molecule has 39 heavy (non-hydrogen) atoms. The maximum absolute atomic E-state index is 13.9. The number of hydrogen-bond acceptors (Lipinski definition) is 5. The number of nitrogens with zero attached hydrogens (tertiary/aromatic N) is 4. The van der Waals surface area contributed by atoms with Gasteiger partial charge in [-0.1, -0.05) is 37.1 Å². The van der Waals surface area contributed by atoms with Crippen molar-refractivity contribution >= 4 is 33.7 Å². The number of pyridine rings is 2. The zero-order valence-corrected chi connectivity index (χ0v) is 20.9. The van der Waals surface area contributed by atoms with Crippen LogP contribution in [0.25, 0.3) is 56.0 Å². The molecular weight excluding hydrogens is 493 g/mol. The van der Waals surface area contributed by atoms with Gasteiger partial charge in [0.2, 0.25) is 5.91 Å². The number of hydrogen-bond donors (Lipinski definition) is 3. The Labute approximate surface area is 222 Å². The molecule has 1 aliphatic carbocycles. The van der Waals surface area contributed by atoms with Crippen LogP contribution in [0.2, 0.25) is 0 Å². The largest absolute Gasteiger partial charge is 0.336 e. The highest BCUT2D eigenvalue weighted by molar-refractivity contribution is 5.97. The number of para-hydroxylation sites is 1. The summed E-state index contributed by atoms with van der Waals surface area (Å²) < 4.78 is 13.9. The van der Waals surface area contributed by atoms with Crippen LogP contribution in [0.4, 0.5) is 10.1 Å². The van der Waals surface area contributed by atoms with Crippen molar-refractivity contribution < 1.29 is 9.18 Å². The molecule has 4 aromatic heterocycles. The molecule has 8 nitrogen and oxygen atoms in total. The number of carbonyl (C=O) groups excluding carboxylic acids is 1. The quantitative estimate of drug-likeness (QED) is 0.242. The molecule has 1 fully saturated rings. The highest BCUT2D eigenvalue weighted by Gasteiger charge is 2.23. The fourth-order valence-corrected chi connectivity index (χ4v) is 5.34. The van der Waals surface area contributed by atoms with Crippen LogP contribution in [-0.2, 0) is 4.79 Å². The molecule has 7 rings (SSSR count). The standard InChI is InChI=1S/C30H24FN7O/c31-20-8-3-7-18(13-20)22-9-4-10-24-26(22)36-29(35-24)28-27-25(37-38-28)12-11-23(34-27)19-14-21(16-32-15-19)33-30(39)17-5-1-2-6-17/h3-4,7-17H,1-2,5-6H2,(H,33,39)(H,35,36)(H,37,38). The van der Waals surface area contributed by atoms with Gasteiger partial charge >= 0.3 is 0 Å². The summed E-state index contributed by atoms with van der Waals surface area (Å²) in [7, 11) is 0. The number of aromatic amines is 2. The second-order valence-electron chi connectivity index (χ2n) is 9.90.